The normalized spacial score (nSPS) is 7.00. The first kappa shape index (κ1) is 22.5. The summed E-state index contributed by atoms with van der Waals surface area (Å²) in [5.41, 5.74) is 0. The van der Waals surface area contributed by atoms with Crippen molar-refractivity contribution in [3.8, 4) is 0 Å². The van der Waals surface area contributed by atoms with Gasteiger partial charge in [-0.3, -0.25) is 0 Å². The maximum atomic E-state index is 8.52. The van der Waals surface area contributed by atoms with Crippen LogP contribution in [0, 0.1) is 0 Å². The number of rotatable bonds is 0. The van der Waals surface area contributed by atoms with Crippen molar-refractivity contribution in [2.24, 2.45) is 0 Å². The average molecular weight is 272 g/mol. The second kappa shape index (κ2) is 16.7. The SMILES string of the molecule is O=[PH]([O-])[O-].O=[PH]([O-])[O-].[Fe+2].[Fe+2]. The molecule has 0 aliphatic heterocycles. The molecule has 0 spiro atoms. The van der Waals surface area contributed by atoms with Crippen LogP contribution in [0.1, 0.15) is 0 Å². The molecule has 0 aliphatic rings. The molecular weight excluding hydrogens is 270 g/mol. The summed E-state index contributed by atoms with van der Waals surface area (Å²) in [6.45, 7) is 0. The fraction of sp³-hybridized carbons (Fsp3) is 0. The molecular formula is H2Fe2O6P2. The molecule has 10 heteroatoms. The van der Waals surface area contributed by atoms with Crippen molar-refractivity contribution in [3.05, 3.63) is 0 Å². The van der Waals surface area contributed by atoms with Crippen molar-refractivity contribution >= 4 is 16.5 Å². The van der Waals surface area contributed by atoms with Gasteiger partial charge in [-0.2, -0.15) is 0 Å². The zero-order valence-corrected chi connectivity index (χ0v) is 8.36. The summed E-state index contributed by atoms with van der Waals surface area (Å²) in [5, 5.41) is 0. The van der Waals surface area contributed by atoms with Gasteiger partial charge in [-0.1, -0.05) is 16.5 Å². The first-order valence-electron chi connectivity index (χ1n) is 1.22. The molecule has 0 rings (SSSR count). The maximum absolute atomic E-state index is 8.52. The van der Waals surface area contributed by atoms with Gasteiger partial charge in [0.25, 0.3) is 0 Å². The van der Waals surface area contributed by atoms with Gasteiger partial charge >= 0.3 is 34.1 Å². The molecule has 0 radical (unpaired) electrons. The predicted octanol–water partition coefficient (Wildman–Crippen LogP) is -3.81. The Hall–Kier alpha value is 1.34. The van der Waals surface area contributed by atoms with Crippen molar-refractivity contribution in [1.29, 1.82) is 0 Å². The Bertz CT molecular complexity index is 71.7. The summed E-state index contributed by atoms with van der Waals surface area (Å²) < 4.78 is 17.0. The first-order chi connectivity index (χ1) is 3.46. The predicted molar refractivity (Wildman–Crippen MR) is 18.0 cm³/mol. The van der Waals surface area contributed by atoms with Crippen LogP contribution < -0.4 is 19.6 Å². The van der Waals surface area contributed by atoms with E-state index in [0.717, 1.165) is 0 Å². The van der Waals surface area contributed by atoms with Crippen LogP contribution in [0.3, 0.4) is 0 Å². The zero-order valence-electron chi connectivity index (χ0n) is 4.16. The van der Waals surface area contributed by atoms with Crippen LogP contribution in [-0.4, -0.2) is 0 Å². The van der Waals surface area contributed by atoms with Crippen LogP contribution in [0.25, 0.3) is 0 Å². The largest absolute Gasteiger partial charge is 2.00 e. The van der Waals surface area contributed by atoms with Crippen molar-refractivity contribution in [1.82, 2.24) is 0 Å². The third-order valence-electron chi connectivity index (χ3n) is 0. The van der Waals surface area contributed by atoms with Crippen LogP contribution in [0.2, 0.25) is 0 Å². The topological polar surface area (TPSA) is 126 Å². The third kappa shape index (κ3) is 362. The van der Waals surface area contributed by atoms with Crippen LogP contribution in [0.4, 0.5) is 0 Å². The van der Waals surface area contributed by atoms with Gasteiger partial charge in [0.1, 0.15) is 0 Å². The van der Waals surface area contributed by atoms with Crippen LogP contribution >= 0.6 is 16.5 Å². The molecule has 0 heterocycles. The van der Waals surface area contributed by atoms with E-state index in [2.05, 4.69) is 0 Å². The molecule has 0 saturated carbocycles. The van der Waals surface area contributed by atoms with Gasteiger partial charge in [0.2, 0.25) is 0 Å². The molecule has 0 aliphatic carbocycles. The van der Waals surface area contributed by atoms with Gasteiger partial charge in [0.05, 0.1) is 0 Å². The molecule has 0 N–H and O–H groups in total. The Morgan fingerprint density at radius 3 is 0.700 bits per heavy atom. The standard InChI is InChI=1S/2Fe.2H3O3P/c;;2*1-4(2)3/h;;2*4H,(H2,1,2,3)/q2*+2;;/p-4. The minimum absolute atomic E-state index is 0. The monoisotopic (exact) mass is 272 g/mol. The molecule has 64 valence electrons. The Labute approximate surface area is 79.5 Å². The van der Waals surface area contributed by atoms with Gasteiger partial charge in [-0.15, -0.1) is 0 Å². The van der Waals surface area contributed by atoms with E-state index in [-0.39, 0.29) is 34.1 Å². The third-order valence-corrected chi connectivity index (χ3v) is 0. The molecule has 0 unspecified atom stereocenters. The van der Waals surface area contributed by atoms with E-state index in [9.17, 15) is 0 Å². The number of hydrogen-bond donors (Lipinski definition) is 0. The Morgan fingerprint density at radius 2 is 0.700 bits per heavy atom. The fourth-order valence-electron chi connectivity index (χ4n) is 0. The second-order valence-corrected chi connectivity index (χ2v) is 1.50. The zero-order chi connectivity index (χ0) is 7.15. The summed E-state index contributed by atoms with van der Waals surface area (Å²) in [4.78, 5) is 34.1. The van der Waals surface area contributed by atoms with Crippen molar-refractivity contribution < 1.29 is 62.8 Å². The molecule has 0 amide bonds. The minimum Gasteiger partial charge on any atom is -0.813 e. The van der Waals surface area contributed by atoms with Crippen LogP contribution in [0.5, 0.6) is 0 Å². The van der Waals surface area contributed by atoms with Gasteiger partial charge in [0.15, 0.2) is 0 Å². The van der Waals surface area contributed by atoms with Crippen LogP contribution in [0.15, 0.2) is 0 Å². The van der Waals surface area contributed by atoms with Crippen molar-refractivity contribution in [3.63, 3.8) is 0 Å². The van der Waals surface area contributed by atoms with E-state index < -0.39 is 16.5 Å². The van der Waals surface area contributed by atoms with E-state index in [4.69, 9.17) is 28.7 Å². The van der Waals surface area contributed by atoms with Crippen molar-refractivity contribution in [2.75, 3.05) is 0 Å². The van der Waals surface area contributed by atoms with Gasteiger partial charge < -0.3 is 28.7 Å². The fourth-order valence-corrected chi connectivity index (χ4v) is 0. The Balaban J connectivity index is -0.0000000300. The molecule has 0 saturated heterocycles. The van der Waals surface area contributed by atoms with E-state index in [1.165, 1.54) is 0 Å². The minimum atomic E-state index is -3.63. The average Bonchev–Trinajstić information content (AvgIpc) is 1.25. The number of hydrogen-bond acceptors (Lipinski definition) is 6. The molecule has 0 bridgehead atoms. The van der Waals surface area contributed by atoms with Crippen molar-refractivity contribution in [2.45, 2.75) is 0 Å². The molecule has 10 heavy (non-hydrogen) atoms. The molecule has 0 aromatic carbocycles. The molecule has 6 nitrogen and oxygen atoms in total. The molecule has 0 fully saturated rings. The summed E-state index contributed by atoms with van der Waals surface area (Å²) in [6, 6.07) is 0. The molecule has 0 aromatic rings. The van der Waals surface area contributed by atoms with Gasteiger partial charge in [-0.05, 0) is 0 Å². The van der Waals surface area contributed by atoms with E-state index in [0.29, 0.717) is 0 Å². The maximum Gasteiger partial charge on any atom is 2.00 e. The van der Waals surface area contributed by atoms with E-state index >= 15 is 0 Å². The van der Waals surface area contributed by atoms with Crippen LogP contribution in [-0.2, 0) is 43.3 Å². The van der Waals surface area contributed by atoms with E-state index in [1.807, 2.05) is 0 Å². The van der Waals surface area contributed by atoms with Gasteiger partial charge in [0, 0.05) is 0 Å². The Morgan fingerprint density at radius 1 is 0.700 bits per heavy atom. The Kier molecular flexibility index (Phi) is 37.7. The second-order valence-electron chi connectivity index (χ2n) is 0.500. The first-order valence-corrected chi connectivity index (χ1v) is 3.67. The quantitative estimate of drug-likeness (QED) is 0.328. The summed E-state index contributed by atoms with van der Waals surface area (Å²) in [7, 11) is -7.26. The molecule has 0 aromatic heterocycles. The smallest absolute Gasteiger partial charge is 0.813 e. The summed E-state index contributed by atoms with van der Waals surface area (Å²) in [6.07, 6.45) is 0. The van der Waals surface area contributed by atoms with E-state index in [1.54, 1.807) is 0 Å². The van der Waals surface area contributed by atoms with Gasteiger partial charge in [-0.25, -0.2) is 0 Å². The summed E-state index contributed by atoms with van der Waals surface area (Å²) in [5.74, 6) is 0. The molecule has 0 atom stereocenters. The summed E-state index contributed by atoms with van der Waals surface area (Å²) >= 11 is 0.